The van der Waals surface area contributed by atoms with E-state index in [9.17, 15) is 5.11 Å². The molecule has 5 nitrogen and oxygen atoms in total. The highest BCUT2D eigenvalue weighted by molar-refractivity contribution is 5.92. The number of guanidine groups is 1. The van der Waals surface area contributed by atoms with Gasteiger partial charge >= 0.3 is 0 Å². The van der Waals surface area contributed by atoms with Crippen molar-refractivity contribution in [1.82, 2.24) is 0 Å². The molecule has 116 valence electrons. The number of hydrogen-bond acceptors (Lipinski definition) is 3. The van der Waals surface area contributed by atoms with Crippen LogP contribution in [0.15, 0.2) is 53.5 Å². The van der Waals surface area contributed by atoms with Crippen molar-refractivity contribution < 1.29 is 9.84 Å². The van der Waals surface area contributed by atoms with Gasteiger partial charge in [0.25, 0.3) is 0 Å². The summed E-state index contributed by atoms with van der Waals surface area (Å²) < 4.78 is 5.14. The fraction of sp³-hybridized carbons (Fsp3) is 0.235. The maximum atomic E-state index is 10.1. The quantitative estimate of drug-likeness (QED) is 0.585. The van der Waals surface area contributed by atoms with E-state index in [4.69, 9.17) is 10.5 Å². The van der Waals surface area contributed by atoms with Crippen LogP contribution in [0.25, 0.3) is 0 Å². The Morgan fingerprint density at radius 3 is 2.68 bits per heavy atom. The molecule has 0 amide bonds. The van der Waals surface area contributed by atoms with Crippen LogP contribution in [0.5, 0.6) is 5.75 Å². The number of aryl methyl sites for hydroxylation is 1. The van der Waals surface area contributed by atoms with Crippen LogP contribution >= 0.6 is 0 Å². The van der Waals surface area contributed by atoms with Gasteiger partial charge in [-0.1, -0.05) is 29.8 Å². The highest BCUT2D eigenvalue weighted by Gasteiger charge is 2.08. The number of methoxy groups -OCH3 is 1. The van der Waals surface area contributed by atoms with Gasteiger partial charge in [-0.15, -0.1) is 0 Å². The summed E-state index contributed by atoms with van der Waals surface area (Å²) in [5.41, 5.74) is 8.61. The molecular weight excluding hydrogens is 278 g/mol. The van der Waals surface area contributed by atoms with Gasteiger partial charge in [-0.05, 0) is 36.8 Å². The minimum absolute atomic E-state index is 0.178. The summed E-state index contributed by atoms with van der Waals surface area (Å²) in [5, 5.41) is 13.1. The van der Waals surface area contributed by atoms with Gasteiger partial charge < -0.3 is 20.9 Å². The molecule has 0 heterocycles. The Bertz CT molecular complexity index is 639. The van der Waals surface area contributed by atoms with Crippen molar-refractivity contribution in [2.24, 2.45) is 10.7 Å². The zero-order chi connectivity index (χ0) is 15.9. The van der Waals surface area contributed by atoms with Crippen molar-refractivity contribution in [1.29, 1.82) is 0 Å². The first-order chi connectivity index (χ1) is 10.6. The van der Waals surface area contributed by atoms with Crippen LogP contribution in [-0.4, -0.2) is 24.7 Å². The highest BCUT2D eigenvalue weighted by atomic mass is 16.5. The molecule has 1 unspecified atom stereocenters. The Kier molecular flexibility index (Phi) is 5.38. The van der Waals surface area contributed by atoms with Gasteiger partial charge in [-0.2, -0.15) is 0 Å². The zero-order valence-electron chi connectivity index (χ0n) is 12.8. The van der Waals surface area contributed by atoms with E-state index in [2.05, 4.69) is 10.3 Å². The first kappa shape index (κ1) is 15.9. The molecule has 0 bridgehead atoms. The summed E-state index contributed by atoms with van der Waals surface area (Å²) in [6.07, 6.45) is -0.728. The molecule has 0 saturated carbocycles. The molecule has 0 aromatic heterocycles. The predicted octanol–water partition coefficient (Wildman–Crippen LogP) is 2.46. The molecule has 5 heteroatoms. The third-order valence-electron chi connectivity index (χ3n) is 3.24. The van der Waals surface area contributed by atoms with E-state index in [1.165, 1.54) is 5.56 Å². The van der Waals surface area contributed by atoms with Crippen molar-refractivity contribution in [3.8, 4) is 5.75 Å². The minimum atomic E-state index is -0.728. The largest absolute Gasteiger partial charge is 0.497 e. The van der Waals surface area contributed by atoms with Crippen LogP contribution in [0, 0.1) is 6.92 Å². The van der Waals surface area contributed by atoms with Gasteiger partial charge in [-0.3, -0.25) is 4.99 Å². The number of rotatable bonds is 5. The van der Waals surface area contributed by atoms with E-state index < -0.39 is 6.10 Å². The number of hydrogen-bond donors (Lipinski definition) is 3. The van der Waals surface area contributed by atoms with Crippen LogP contribution in [0.3, 0.4) is 0 Å². The van der Waals surface area contributed by atoms with Crippen molar-refractivity contribution in [3.05, 3.63) is 59.7 Å². The Morgan fingerprint density at radius 1 is 1.27 bits per heavy atom. The summed E-state index contributed by atoms with van der Waals surface area (Å²) in [7, 11) is 1.59. The molecule has 0 aliphatic heterocycles. The summed E-state index contributed by atoms with van der Waals surface area (Å²) in [5.74, 6) is 0.970. The van der Waals surface area contributed by atoms with Gasteiger partial charge in [0.05, 0.1) is 19.8 Å². The van der Waals surface area contributed by atoms with Crippen molar-refractivity contribution in [2.45, 2.75) is 13.0 Å². The maximum Gasteiger partial charge on any atom is 0.193 e. The number of aliphatic hydroxyl groups is 1. The molecule has 0 aliphatic carbocycles. The predicted molar refractivity (Wildman–Crippen MR) is 89.2 cm³/mol. The first-order valence-corrected chi connectivity index (χ1v) is 7.04. The molecule has 0 radical (unpaired) electrons. The van der Waals surface area contributed by atoms with E-state index in [-0.39, 0.29) is 12.5 Å². The van der Waals surface area contributed by atoms with Crippen LogP contribution in [0.2, 0.25) is 0 Å². The minimum Gasteiger partial charge on any atom is -0.497 e. The lowest BCUT2D eigenvalue weighted by molar-refractivity contribution is 0.187. The smallest absolute Gasteiger partial charge is 0.193 e. The summed E-state index contributed by atoms with van der Waals surface area (Å²) >= 11 is 0. The third kappa shape index (κ3) is 4.49. The van der Waals surface area contributed by atoms with Crippen molar-refractivity contribution in [2.75, 3.05) is 19.0 Å². The molecule has 2 aromatic carbocycles. The second-order valence-corrected chi connectivity index (χ2v) is 5.01. The number of nitrogens with one attached hydrogen (secondary N) is 1. The van der Waals surface area contributed by atoms with Crippen LogP contribution in [0.1, 0.15) is 17.2 Å². The zero-order valence-corrected chi connectivity index (χ0v) is 12.8. The number of anilines is 1. The van der Waals surface area contributed by atoms with E-state index >= 15 is 0 Å². The molecule has 0 spiro atoms. The second kappa shape index (κ2) is 7.47. The highest BCUT2D eigenvalue weighted by Crippen LogP contribution is 2.19. The van der Waals surface area contributed by atoms with Crippen LogP contribution in [-0.2, 0) is 0 Å². The molecule has 1 atom stereocenters. The molecule has 2 rings (SSSR count). The molecule has 22 heavy (non-hydrogen) atoms. The van der Waals surface area contributed by atoms with Gasteiger partial charge in [-0.25, -0.2) is 0 Å². The maximum absolute atomic E-state index is 10.1. The van der Waals surface area contributed by atoms with Crippen LogP contribution < -0.4 is 15.8 Å². The second-order valence-electron chi connectivity index (χ2n) is 5.01. The lowest BCUT2D eigenvalue weighted by Crippen LogP contribution is -2.23. The average Bonchev–Trinajstić information content (AvgIpc) is 2.55. The fourth-order valence-electron chi connectivity index (χ4n) is 1.96. The molecular formula is C17H21N3O2. The van der Waals surface area contributed by atoms with E-state index in [1.807, 2.05) is 49.4 Å². The van der Waals surface area contributed by atoms with E-state index in [0.717, 1.165) is 11.3 Å². The van der Waals surface area contributed by atoms with Gasteiger partial charge in [0.15, 0.2) is 5.96 Å². The average molecular weight is 299 g/mol. The first-order valence-electron chi connectivity index (χ1n) is 7.04. The summed E-state index contributed by atoms with van der Waals surface area (Å²) in [6, 6.07) is 15.1. The third-order valence-corrected chi connectivity index (χ3v) is 3.24. The molecule has 2 aromatic rings. The number of aliphatic imine (C=N–C) groups is 1. The van der Waals surface area contributed by atoms with Crippen LogP contribution in [0.4, 0.5) is 5.69 Å². The Hall–Kier alpha value is -2.53. The Balaban J connectivity index is 1.95. The van der Waals surface area contributed by atoms with Gasteiger partial charge in [0, 0.05) is 5.69 Å². The number of nitrogens with zero attached hydrogens (tertiary/aromatic N) is 1. The molecule has 0 fully saturated rings. The Labute approximate surface area is 130 Å². The lowest BCUT2D eigenvalue weighted by Gasteiger charge is -2.11. The van der Waals surface area contributed by atoms with E-state index in [1.54, 1.807) is 13.2 Å². The molecule has 0 aliphatic rings. The number of aliphatic hydroxyl groups excluding tert-OH is 1. The van der Waals surface area contributed by atoms with E-state index in [0.29, 0.717) is 5.75 Å². The SMILES string of the molecule is COc1cccc(C(O)CN=C(N)Nc2ccc(C)cc2)c1. The molecule has 4 N–H and O–H groups in total. The summed E-state index contributed by atoms with van der Waals surface area (Å²) in [6.45, 7) is 2.20. The lowest BCUT2D eigenvalue weighted by atomic mass is 10.1. The monoisotopic (exact) mass is 299 g/mol. The topological polar surface area (TPSA) is 79.9 Å². The fourth-order valence-corrected chi connectivity index (χ4v) is 1.96. The standard InChI is InChI=1S/C17H21N3O2/c1-12-6-8-14(9-7-12)20-17(18)19-11-16(21)13-4-3-5-15(10-13)22-2/h3-10,16,21H,11H2,1-2H3,(H3,18,19,20). The van der Waals surface area contributed by atoms with Crippen molar-refractivity contribution >= 4 is 11.6 Å². The number of ether oxygens (including phenoxy) is 1. The number of nitrogens with two attached hydrogens (primary N) is 1. The number of benzene rings is 2. The Morgan fingerprint density at radius 2 is 2.00 bits per heavy atom. The van der Waals surface area contributed by atoms with Gasteiger partial charge in [0.2, 0.25) is 0 Å². The van der Waals surface area contributed by atoms with Crippen molar-refractivity contribution in [3.63, 3.8) is 0 Å². The summed E-state index contributed by atoms with van der Waals surface area (Å²) in [4.78, 5) is 4.17. The molecule has 0 saturated heterocycles. The normalized spacial score (nSPS) is 12.8. The van der Waals surface area contributed by atoms with Gasteiger partial charge in [0.1, 0.15) is 5.75 Å².